The summed E-state index contributed by atoms with van der Waals surface area (Å²) in [5.74, 6) is -1.05. The van der Waals surface area contributed by atoms with Crippen LogP contribution in [-0.2, 0) is 14.3 Å². The van der Waals surface area contributed by atoms with E-state index in [-0.39, 0.29) is 17.9 Å². The Kier molecular flexibility index (Phi) is 6.38. The molecule has 0 unspecified atom stereocenters. The lowest BCUT2D eigenvalue weighted by Crippen LogP contribution is -2.44. The van der Waals surface area contributed by atoms with Crippen LogP contribution in [0.2, 0.25) is 0 Å². The van der Waals surface area contributed by atoms with Gasteiger partial charge in [0.1, 0.15) is 0 Å². The Labute approximate surface area is 147 Å². The molecule has 0 saturated carbocycles. The van der Waals surface area contributed by atoms with Crippen LogP contribution in [0.5, 0.6) is 0 Å². The molecule has 3 N–H and O–H groups in total. The number of carbonyl (C=O) groups excluding carboxylic acids is 3. The van der Waals surface area contributed by atoms with E-state index in [9.17, 15) is 14.4 Å². The molecule has 0 radical (unpaired) electrons. The van der Waals surface area contributed by atoms with E-state index in [4.69, 9.17) is 10.5 Å². The Morgan fingerprint density at radius 1 is 1.16 bits per heavy atom. The third kappa shape index (κ3) is 5.20. The molecule has 1 saturated heterocycles. The van der Waals surface area contributed by atoms with Crippen LogP contribution in [0, 0.1) is 5.92 Å². The highest BCUT2D eigenvalue weighted by atomic mass is 16.5. The van der Waals surface area contributed by atoms with Crippen molar-refractivity contribution in [2.24, 2.45) is 11.7 Å². The maximum atomic E-state index is 12.2. The van der Waals surface area contributed by atoms with Crippen molar-refractivity contribution in [1.82, 2.24) is 10.2 Å². The summed E-state index contributed by atoms with van der Waals surface area (Å²) in [4.78, 5) is 37.0. The molecule has 1 aromatic carbocycles. The highest BCUT2D eigenvalue weighted by Crippen LogP contribution is 2.19. The minimum absolute atomic E-state index is 0.173. The molecule has 7 heteroatoms. The van der Waals surface area contributed by atoms with Crippen molar-refractivity contribution in [2.75, 3.05) is 13.1 Å². The fourth-order valence-electron chi connectivity index (χ4n) is 2.82. The Bertz CT molecular complexity index is 612. The van der Waals surface area contributed by atoms with Gasteiger partial charge in [-0.25, -0.2) is 4.79 Å². The van der Waals surface area contributed by atoms with Crippen molar-refractivity contribution in [2.45, 2.75) is 38.8 Å². The van der Waals surface area contributed by atoms with Gasteiger partial charge >= 0.3 is 12.0 Å². The number of nitrogens with one attached hydrogen (secondary N) is 1. The summed E-state index contributed by atoms with van der Waals surface area (Å²) in [6.45, 7) is 4.30. The highest BCUT2D eigenvalue weighted by molar-refractivity contribution is 5.84. The molecule has 0 aromatic heterocycles. The van der Waals surface area contributed by atoms with Gasteiger partial charge in [0.05, 0.1) is 12.0 Å². The number of benzene rings is 1. The second kappa shape index (κ2) is 8.50. The lowest BCUT2D eigenvalue weighted by molar-refractivity contribution is -0.160. The van der Waals surface area contributed by atoms with E-state index in [0.717, 1.165) is 5.56 Å². The molecule has 0 spiro atoms. The topological polar surface area (TPSA) is 102 Å². The summed E-state index contributed by atoms with van der Waals surface area (Å²) in [5.41, 5.74) is 6.20. The predicted octanol–water partition coefficient (Wildman–Crippen LogP) is 1.59. The number of rotatable bonds is 5. The van der Waals surface area contributed by atoms with Crippen molar-refractivity contribution < 1.29 is 19.1 Å². The molecular formula is C18H25N3O4. The number of carbonyl (C=O) groups is 3. The van der Waals surface area contributed by atoms with Gasteiger partial charge in [0, 0.05) is 13.1 Å². The zero-order valence-electron chi connectivity index (χ0n) is 14.6. The number of primary amides is 1. The van der Waals surface area contributed by atoms with Crippen molar-refractivity contribution in [3.63, 3.8) is 0 Å². The number of hydrogen-bond donors (Lipinski definition) is 2. The number of likely N-dealkylation sites (tertiary alicyclic amines) is 1. The SMILES string of the molecule is C[C@H](OC(=O)C1CCN(C(N)=O)CC1)C(=O)N[C@@H](C)c1ccccc1. The van der Waals surface area contributed by atoms with Gasteiger partial charge < -0.3 is 20.7 Å². The first-order valence-electron chi connectivity index (χ1n) is 8.48. The Morgan fingerprint density at radius 2 is 1.76 bits per heavy atom. The average Bonchev–Trinajstić information content (AvgIpc) is 2.62. The minimum atomic E-state index is -0.868. The van der Waals surface area contributed by atoms with Crippen LogP contribution < -0.4 is 11.1 Å². The molecule has 2 rings (SSSR count). The number of urea groups is 1. The van der Waals surface area contributed by atoms with Crippen LogP contribution in [-0.4, -0.2) is 42.0 Å². The molecule has 1 aliphatic rings. The Hall–Kier alpha value is -2.57. The number of piperidine rings is 1. The monoisotopic (exact) mass is 347 g/mol. The number of nitrogens with two attached hydrogens (primary N) is 1. The van der Waals surface area contributed by atoms with E-state index in [1.807, 2.05) is 37.3 Å². The van der Waals surface area contributed by atoms with Crippen LogP contribution >= 0.6 is 0 Å². The predicted molar refractivity (Wildman–Crippen MR) is 92.4 cm³/mol. The lowest BCUT2D eigenvalue weighted by atomic mass is 9.97. The summed E-state index contributed by atoms with van der Waals surface area (Å²) < 4.78 is 5.30. The van der Waals surface area contributed by atoms with E-state index < -0.39 is 18.1 Å². The van der Waals surface area contributed by atoms with Gasteiger partial charge in [-0.1, -0.05) is 30.3 Å². The molecule has 136 valence electrons. The van der Waals surface area contributed by atoms with Crippen molar-refractivity contribution in [3.05, 3.63) is 35.9 Å². The third-order valence-electron chi connectivity index (χ3n) is 4.46. The first kappa shape index (κ1) is 18.8. The van der Waals surface area contributed by atoms with Crippen LogP contribution in [0.25, 0.3) is 0 Å². The van der Waals surface area contributed by atoms with Crippen LogP contribution in [0.3, 0.4) is 0 Å². The second-order valence-electron chi connectivity index (χ2n) is 6.32. The van der Waals surface area contributed by atoms with E-state index in [1.54, 1.807) is 6.92 Å². The van der Waals surface area contributed by atoms with Gasteiger partial charge in [0.25, 0.3) is 5.91 Å². The van der Waals surface area contributed by atoms with Crippen molar-refractivity contribution in [1.29, 1.82) is 0 Å². The smallest absolute Gasteiger partial charge is 0.314 e. The summed E-state index contributed by atoms with van der Waals surface area (Å²) in [6.07, 6.45) is 0.125. The summed E-state index contributed by atoms with van der Waals surface area (Å²) in [7, 11) is 0. The molecule has 2 atom stereocenters. The van der Waals surface area contributed by atoms with E-state index in [1.165, 1.54) is 4.90 Å². The fourth-order valence-corrected chi connectivity index (χ4v) is 2.82. The summed E-state index contributed by atoms with van der Waals surface area (Å²) in [5, 5.41) is 2.84. The average molecular weight is 347 g/mol. The molecule has 1 aromatic rings. The van der Waals surface area contributed by atoms with Crippen LogP contribution in [0.4, 0.5) is 4.79 Å². The maximum absolute atomic E-state index is 12.2. The fraction of sp³-hybridized carbons (Fsp3) is 0.500. The van der Waals surface area contributed by atoms with Gasteiger partial charge in [-0.2, -0.15) is 0 Å². The summed E-state index contributed by atoms with van der Waals surface area (Å²) in [6, 6.07) is 8.91. The Morgan fingerprint density at radius 3 is 2.32 bits per heavy atom. The number of esters is 1. The standard InChI is InChI=1S/C18H25N3O4/c1-12(14-6-4-3-5-7-14)20-16(22)13(2)25-17(23)15-8-10-21(11-9-15)18(19)24/h3-7,12-13,15H,8-11H2,1-2H3,(H2,19,24)(H,20,22)/t12-,13-/m0/s1. The first-order valence-corrected chi connectivity index (χ1v) is 8.48. The van der Waals surface area contributed by atoms with E-state index in [2.05, 4.69) is 5.32 Å². The molecule has 0 bridgehead atoms. The molecular weight excluding hydrogens is 322 g/mol. The highest BCUT2D eigenvalue weighted by Gasteiger charge is 2.30. The minimum Gasteiger partial charge on any atom is -0.452 e. The molecule has 3 amide bonds. The third-order valence-corrected chi connectivity index (χ3v) is 4.46. The van der Waals surface area contributed by atoms with Gasteiger partial charge in [-0.15, -0.1) is 0 Å². The Balaban J connectivity index is 1.80. The maximum Gasteiger partial charge on any atom is 0.314 e. The van der Waals surface area contributed by atoms with E-state index in [0.29, 0.717) is 25.9 Å². The van der Waals surface area contributed by atoms with Gasteiger partial charge in [-0.3, -0.25) is 9.59 Å². The normalized spacial score (nSPS) is 17.4. The van der Waals surface area contributed by atoms with Gasteiger partial charge in [0.15, 0.2) is 6.10 Å². The number of amides is 3. The van der Waals surface area contributed by atoms with Gasteiger partial charge in [-0.05, 0) is 32.3 Å². The van der Waals surface area contributed by atoms with Crippen LogP contribution in [0.1, 0.15) is 38.3 Å². The largest absolute Gasteiger partial charge is 0.452 e. The molecule has 1 aliphatic heterocycles. The molecule has 7 nitrogen and oxygen atoms in total. The quantitative estimate of drug-likeness (QED) is 0.790. The van der Waals surface area contributed by atoms with Gasteiger partial charge in [0.2, 0.25) is 0 Å². The van der Waals surface area contributed by atoms with E-state index >= 15 is 0 Å². The zero-order valence-corrected chi connectivity index (χ0v) is 14.6. The van der Waals surface area contributed by atoms with Crippen molar-refractivity contribution >= 4 is 17.9 Å². The molecule has 25 heavy (non-hydrogen) atoms. The van der Waals surface area contributed by atoms with Crippen molar-refractivity contribution in [3.8, 4) is 0 Å². The number of ether oxygens (including phenoxy) is 1. The molecule has 0 aliphatic carbocycles. The molecule has 1 fully saturated rings. The number of hydrogen-bond acceptors (Lipinski definition) is 4. The lowest BCUT2D eigenvalue weighted by Gasteiger charge is -2.30. The van der Waals surface area contributed by atoms with Crippen LogP contribution in [0.15, 0.2) is 30.3 Å². The zero-order chi connectivity index (χ0) is 18.4. The number of nitrogens with zero attached hydrogens (tertiary/aromatic N) is 1. The molecule has 1 heterocycles. The first-order chi connectivity index (χ1) is 11.9. The second-order valence-corrected chi connectivity index (χ2v) is 6.32. The summed E-state index contributed by atoms with van der Waals surface area (Å²) >= 11 is 0.